The quantitative estimate of drug-likeness (QED) is 0.685. The SMILES string of the molecule is CC(C)=CCC(=O)C(C)CCC[C@]1(C)OC/C(=C/CO)CCC1=O. The molecule has 0 aromatic carbocycles. The molecule has 136 valence electrons. The van der Waals surface area contributed by atoms with Gasteiger partial charge in [0.1, 0.15) is 11.4 Å². The minimum Gasteiger partial charge on any atom is -0.392 e. The van der Waals surface area contributed by atoms with Crippen LogP contribution >= 0.6 is 0 Å². The van der Waals surface area contributed by atoms with Crippen LogP contribution in [0.1, 0.15) is 66.2 Å². The summed E-state index contributed by atoms with van der Waals surface area (Å²) >= 11 is 0. The molecule has 1 unspecified atom stereocenters. The van der Waals surface area contributed by atoms with Crippen molar-refractivity contribution < 1.29 is 19.4 Å². The van der Waals surface area contributed by atoms with Crippen molar-refractivity contribution in [1.29, 1.82) is 0 Å². The van der Waals surface area contributed by atoms with E-state index in [4.69, 9.17) is 9.84 Å². The molecule has 1 heterocycles. The molecule has 0 radical (unpaired) electrons. The fourth-order valence-corrected chi connectivity index (χ4v) is 2.86. The lowest BCUT2D eigenvalue weighted by Crippen LogP contribution is -2.37. The zero-order valence-electron chi connectivity index (χ0n) is 15.6. The monoisotopic (exact) mass is 336 g/mol. The Kier molecular flexibility index (Phi) is 8.57. The van der Waals surface area contributed by atoms with Gasteiger partial charge in [-0.3, -0.25) is 9.59 Å². The van der Waals surface area contributed by atoms with Crippen molar-refractivity contribution >= 4 is 11.6 Å². The Hall–Kier alpha value is -1.26. The highest BCUT2D eigenvalue weighted by molar-refractivity contribution is 5.87. The Morgan fingerprint density at radius 3 is 2.71 bits per heavy atom. The summed E-state index contributed by atoms with van der Waals surface area (Å²) in [6, 6.07) is 0. The average molecular weight is 336 g/mol. The molecular weight excluding hydrogens is 304 g/mol. The number of rotatable bonds is 8. The summed E-state index contributed by atoms with van der Waals surface area (Å²) in [5.41, 5.74) is 1.38. The Morgan fingerprint density at radius 1 is 1.38 bits per heavy atom. The van der Waals surface area contributed by atoms with Gasteiger partial charge in [0.2, 0.25) is 0 Å². The first-order valence-corrected chi connectivity index (χ1v) is 8.90. The van der Waals surface area contributed by atoms with Gasteiger partial charge in [0.15, 0.2) is 5.78 Å². The number of ether oxygens (including phenoxy) is 1. The van der Waals surface area contributed by atoms with E-state index in [0.717, 1.165) is 24.0 Å². The van der Waals surface area contributed by atoms with Gasteiger partial charge in [0, 0.05) is 18.8 Å². The van der Waals surface area contributed by atoms with Gasteiger partial charge in [0.05, 0.1) is 13.2 Å². The summed E-state index contributed by atoms with van der Waals surface area (Å²) in [5.74, 6) is 0.380. The van der Waals surface area contributed by atoms with E-state index in [9.17, 15) is 9.59 Å². The van der Waals surface area contributed by atoms with Crippen LogP contribution in [-0.4, -0.2) is 35.5 Å². The van der Waals surface area contributed by atoms with E-state index in [2.05, 4.69) is 0 Å². The molecule has 0 amide bonds. The summed E-state index contributed by atoms with van der Waals surface area (Å²) in [7, 11) is 0. The van der Waals surface area contributed by atoms with E-state index in [1.165, 1.54) is 0 Å². The topological polar surface area (TPSA) is 63.6 Å². The van der Waals surface area contributed by atoms with Gasteiger partial charge < -0.3 is 9.84 Å². The van der Waals surface area contributed by atoms with E-state index >= 15 is 0 Å². The molecular formula is C20H32O4. The Balaban J connectivity index is 2.50. The molecule has 4 heteroatoms. The number of hydrogen-bond acceptors (Lipinski definition) is 4. The maximum Gasteiger partial charge on any atom is 0.164 e. The van der Waals surface area contributed by atoms with Gasteiger partial charge in [-0.25, -0.2) is 0 Å². The van der Waals surface area contributed by atoms with Gasteiger partial charge in [-0.15, -0.1) is 0 Å². The molecule has 24 heavy (non-hydrogen) atoms. The fourth-order valence-electron chi connectivity index (χ4n) is 2.86. The van der Waals surface area contributed by atoms with E-state index in [-0.39, 0.29) is 24.1 Å². The predicted molar refractivity (Wildman–Crippen MR) is 95.8 cm³/mol. The molecule has 1 fully saturated rings. The number of Topliss-reactive ketones (excluding diaryl/α,β-unsaturated/α-hetero) is 2. The van der Waals surface area contributed by atoms with Crippen LogP contribution in [0.5, 0.6) is 0 Å². The van der Waals surface area contributed by atoms with Gasteiger partial charge in [-0.05, 0) is 52.0 Å². The lowest BCUT2D eigenvalue weighted by atomic mass is 9.88. The van der Waals surface area contributed by atoms with Crippen LogP contribution in [0.3, 0.4) is 0 Å². The van der Waals surface area contributed by atoms with Crippen LogP contribution in [0.4, 0.5) is 0 Å². The number of carbonyl (C=O) groups is 2. The minimum atomic E-state index is -0.770. The maximum atomic E-state index is 12.4. The third kappa shape index (κ3) is 6.70. The highest BCUT2D eigenvalue weighted by Gasteiger charge is 2.35. The number of allylic oxidation sites excluding steroid dienone is 2. The molecule has 0 bridgehead atoms. The molecule has 0 aromatic heterocycles. The van der Waals surface area contributed by atoms with Crippen molar-refractivity contribution in [2.75, 3.05) is 13.2 Å². The first kappa shape index (κ1) is 20.8. The lowest BCUT2D eigenvalue weighted by molar-refractivity contribution is -0.140. The van der Waals surface area contributed by atoms with Gasteiger partial charge >= 0.3 is 0 Å². The van der Waals surface area contributed by atoms with Crippen molar-refractivity contribution in [3.8, 4) is 0 Å². The molecule has 1 saturated heterocycles. The number of carbonyl (C=O) groups excluding carboxylic acids is 2. The van der Waals surface area contributed by atoms with Crippen LogP contribution in [0.15, 0.2) is 23.3 Å². The van der Waals surface area contributed by atoms with Gasteiger partial charge in [-0.2, -0.15) is 0 Å². The molecule has 4 nitrogen and oxygen atoms in total. The first-order chi connectivity index (χ1) is 11.3. The Morgan fingerprint density at radius 2 is 2.08 bits per heavy atom. The second kappa shape index (κ2) is 9.90. The minimum absolute atomic E-state index is 0.00919. The molecule has 1 aliphatic rings. The molecule has 2 atom stereocenters. The summed E-state index contributed by atoms with van der Waals surface area (Å²) in [4.78, 5) is 24.5. The number of aliphatic hydroxyl groups is 1. The van der Waals surface area contributed by atoms with Gasteiger partial charge in [0.25, 0.3) is 0 Å². The molecule has 0 spiro atoms. The Labute approximate surface area is 146 Å². The highest BCUT2D eigenvalue weighted by Crippen LogP contribution is 2.29. The fraction of sp³-hybridized carbons (Fsp3) is 0.700. The van der Waals surface area contributed by atoms with E-state index in [1.807, 2.05) is 33.8 Å². The summed E-state index contributed by atoms with van der Waals surface area (Å²) in [6.07, 6.45) is 7.51. The summed E-state index contributed by atoms with van der Waals surface area (Å²) < 4.78 is 5.87. The third-order valence-electron chi connectivity index (χ3n) is 4.77. The van der Waals surface area contributed by atoms with Crippen LogP contribution < -0.4 is 0 Å². The second-order valence-corrected chi connectivity index (χ2v) is 7.23. The highest BCUT2D eigenvalue weighted by atomic mass is 16.5. The molecule has 0 saturated carbocycles. The smallest absolute Gasteiger partial charge is 0.164 e. The largest absolute Gasteiger partial charge is 0.392 e. The zero-order chi connectivity index (χ0) is 18.2. The molecule has 1 N–H and O–H groups in total. The van der Waals surface area contributed by atoms with Crippen LogP contribution in [0, 0.1) is 5.92 Å². The maximum absolute atomic E-state index is 12.4. The number of ketones is 2. The number of aliphatic hydroxyl groups excluding tert-OH is 1. The van der Waals surface area contributed by atoms with Crippen molar-refractivity contribution in [2.24, 2.45) is 5.92 Å². The standard InChI is InChI=1S/C20H32O4/c1-15(2)7-9-18(22)16(3)6-5-12-20(4)19(23)10-8-17(11-13-21)14-24-20/h7,11,16,21H,5-6,8-10,12-14H2,1-4H3/b17-11+/t16?,20-/m0/s1. The first-order valence-electron chi connectivity index (χ1n) is 8.90. The lowest BCUT2D eigenvalue weighted by Gasteiger charge is -2.27. The van der Waals surface area contributed by atoms with Crippen LogP contribution in [0.2, 0.25) is 0 Å². The van der Waals surface area contributed by atoms with Crippen LogP contribution in [-0.2, 0) is 14.3 Å². The zero-order valence-corrected chi connectivity index (χ0v) is 15.6. The molecule has 0 aromatic rings. The second-order valence-electron chi connectivity index (χ2n) is 7.23. The van der Waals surface area contributed by atoms with Gasteiger partial charge in [-0.1, -0.05) is 24.6 Å². The summed E-state index contributed by atoms with van der Waals surface area (Å²) in [6.45, 7) is 8.18. The van der Waals surface area contributed by atoms with Crippen molar-refractivity contribution in [1.82, 2.24) is 0 Å². The number of hydrogen-bond donors (Lipinski definition) is 1. The van der Waals surface area contributed by atoms with Crippen molar-refractivity contribution in [3.63, 3.8) is 0 Å². The molecule has 1 aliphatic heterocycles. The average Bonchev–Trinajstić information content (AvgIpc) is 2.66. The molecule has 0 aliphatic carbocycles. The van der Waals surface area contributed by atoms with Crippen molar-refractivity contribution in [2.45, 2.75) is 71.8 Å². The summed E-state index contributed by atoms with van der Waals surface area (Å²) in [5, 5.41) is 8.99. The Bertz CT molecular complexity index is 500. The van der Waals surface area contributed by atoms with E-state index in [1.54, 1.807) is 6.08 Å². The van der Waals surface area contributed by atoms with Crippen LogP contribution in [0.25, 0.3) is 0 Å². The molecule has 1 rings (SSSR count). The predicted octanol–water partition coefficient (Wildman–Crippen LogP) is 3.78. The van der Waals surface area contributed by atoms with E-state index < -0.39 is 5.60 Å². The van der Waals surface area contributed by atoms with Crippen molar-refractivity contribution in [3.05, 3.63) is 23.3 Å². The normalized spacial score (nSPS) is 24.5. The van der Waals surface area contributed by atoms with E-state index in [0.29, 0.717) is 32.3 Å². The third-order valence-corrected chi connectivity index (χ3v) is 4.77.